The summed E-state index contributed by atoms with van der Waals surface area (Å²) >= 11 is 0. The summed E-state index contributed by atoms with van der Waals surface area (Å²) in [6.45, 7) is 0. The average molecular weight is 246 g/mol. The molecule has 1 heterocycles. The van der Waals surface area contributed by atoms with Crippen LogP contribution in [0.4, 0.5) is 4.39 Å². The number of halogens is 1. The molecule has 1 aromatic carbocycles. The number of carbonyl (C=O) groups is 1. The van der Waals surface area contributed by atoms with Crippen molar-refractivity contribution in [3.63, 3.8) is 0 Å². The molecule has 0 saturated heterocycles. The molecule has 3 rings (SSSR count). The monoisotopic (exact) mass is 246 g/mol. The van der Waals surface area contributed by atoms with E-state index in [1.54, 1.807) is 6.07 Å². The van der Waals surface area contributed by atoms with E-state index < -0.39 is 0 Å². The fourth-order valence-electron chi connectivity index (χ4n) is 2.67. The van der Waals surface area contributed by atoms with Crippen LogP contribution in [0.1, 0.15) is 43.8 Å². The Bertz CT molecular complexity index is 585. The lowest BCUT2D eigenvalue weighted by Crippen LogP contribution is -2.09. The highest BCUT2D eigenvalue weighted by molar-refractivity contribution is 5.87. The molecule has 94 valence electrons. The van der Waals surface area contributed by atoms with Crippen molar-refractivity contribution in [1.82, 2.24) is 0 Å². The van der Waals surface area contributed by atoms with Crippen molar-refractivity contribution in [1.29, 1.82) is 0 Å². The van der Waals surface area contributed by atoms with Crippen LogP contribution in [0, 0.1) is 5.82 Å². The number of Topliss-reactive ketones (excluding diaryl/α,β-unsaturated/α-hetero) is 1. The fourth-order valence-corrected chi connectivity index (χ4v) is 2.67. The number of furan rings is 1. The van der Waals surface area contributed by atoms with Gasteiger partial charge in [0.25, 0.3) is 0 Å². The minimum Gasteiger partial charge on any atom is -0.460 e. The van der Waals surface area contributed by atoms with Crippen molar-refractivity contribution in [2.45, 2.75) is 38.0 Å². The number of benzene rings is 1. The van der Waals surface area contributed by atoms with Crippen molar-refractivity contribution < 1.29 is 13.6 Å². The van der Waals surface area contributed by atoms with Gasteiger partial charge in [0.2, 0.25) is 0 Å². The molecule has 0 radical (unpaired) electrons. The molecular weight excluding hydrogens is 231 g/mol. The summed E-state index contributed by atoms with van der Waals surface area (Å²) in [5.74, 6) is 0.541. The molecule has 0 aliphatic heterocycles. The third kappa shape index (κ3) is 2.05. The van der Waals surface area contributed by atoms with E-state index in [9.17, 15) is 9.18 Å². The molecule has 1 aromatic heterocycles. The van der Waals surface area contributed by atoms with Gasteiger partial charge in [-0.2, -0.15) is 0 Å². The van der Waals surface area contributed by atoms with Gasteiger partial charge in [0.05, 0.1) is 5.92 Å². The van der Waals surface area contributed by atoms with Gasteiger partial charge >= 0.3 is 0 Å². The molecule has 1 saturated carbocycles. The summed E-state index contributed by atoms with van der Waals surface area (Å²) in [6, 6.07) is 6.26. The number of hydrogen-bond acceptors (Lipinski definition) is 2. The van der Waals surface area contributed by atoms with E-state index in [0.717, 1.165) is 31.1 Å². The van der Waals surface area contributed by atoms with Gasteiger partial charge in [-0.05, 0) is 37.1 Å². The van der Waals surface area contributed by atoms with Crippen molar-refractivity contribution in [3.05, 3.63) is 35.8 Å². The summed E-state index contributed by atoms with van der Waals surface area (Å²) < 4.78 is 18.8. The van der Waals surface area contributed by atoms with Crippen LogP contribution in [0.5, 0.6) is 0 Å². The second-order valence-electron chi connectivity index (χ2n) is 4.95. The average Bonchev–Trinajstić information content (AvgIpc) is 2.63. The normalized spacial score (nSPS) is 21.2. The lowest BCUT2D eigenvalue weighted by Gasteiger charge is -2.08. The second kappa shape index (κ2) is 4.56. The van der Waals surface area contributed by atoms with E-state index >= 15 is 0 Å². The van der Waals surface area contributed by atoms with Crippen LogP contribution < -0.4 is 0 Å². The summed E-state index contributed by atoms with van der Waals surface area (Å²) in [6.07, 6.45) is 4.63. The van der Waals surface area contributed by atoms with Crippen molar-refractivity contribution >= 4 is 16.8 Å². The fraction of sp³-hybridized carbons (Fsp3) is 0.400. The SMILES string of the molecule is O=C1CCCCCC1c1cc2cc(F)ccc2o1. The van der Waals surface area contributed by atoms with E-state index in [2.05, 4.69) is 0 Å². The highest BCUT2D eigenvalue weighted by Crippen LogP contribution is 2.32. The Morgan fingerprint density at radius 2 is 2.06 bits per heavy atom. The third-order valence-corrected chi connectivity index (χ3v) is 3.65. The summed E-state index contributed by atoms with van der Waals surface area (Å²) in [4.78, 5) is 12.0. The highest BCUT2D eigenvalue weighted by atomic mass is 19.1. The third-order valence-electron chi connectivity index (χ3n) is 3.65. The first-order valence-electron chi connectivity index (χ1n) is 6.46. The molecule has 2 aromatic rings. The Balaban J connectivity index is 1.99. The molecule has 3 heteroatoms. The number of fused-ring (bicyclic) bond motifs is 1. The van der Waals surface area contributed by atoms with Gasteiger partial charge < -0.3 is 4.42 Å². The van der Waals surface area contributed by atoms with Crippen LogP contribution in [-0.4, -0.2) is 5.78 Å². The standard InChI is InChI=1S/C15H15FO2/c16-11-6-7-14-10(8-11)9-15(18-14)12-4-2-1-3-5-13(12)17/h6-9,12H,1-5H2. The predicted molar refractivity (Wildman–Crippen MR) is 67.0 cm³/mol. The second-order valence-corrected chi connectivity index (χ2v) is 4.95. The van der Waals surface area contributed by atoms with E-state index in [4.69, 9.17) is 4.42 Å². The molecule has 1 unspecified atom stereocenters. The Labute approximate surface area is 105 Å². The van der Waals surface area contributed by atoms with Crippen LogP contribution in [0.2, 0.25) is 0 Å². The molecule has 18 heavy (non-hydrogen) atoms. The van der Waals surface area contributed by atoms with Crippen LogP contribution in [0.3, 0.4) is 0 Å². The van der Waals surface area contributed by atoms with Crippen LogP contribution in [0.25, 0.3) is 11.0 Å². The maximum absolute atomic E-state index is 13.1. The van der Waals surface area contributed by atoms with Crippen molar-refractivity contribution in [3.8, 4) is 0 Å². The van der Waals surface area contributed by atoms with Gasteiger partial charge in [-0.3, -0.25) is 4.79 Å². The zero-order valence-corrected chi connectivity index (χ0v) is 10.1. The highest BCUT2D eigenvalue weighted by Gasteiger charge is 2.25. The molecule has 0 bridgehead atoms. The largest absolute Gasteiger partial charge is 0.460 e. The molecule has 1 fully saturated rings. The molecule has 1 aliphatic carbocycles. The van der Waals surface area contributed by atoms with Gasteiger partial charge in [0, 0.05) is 11.8 Å². The Hall–Kier alpha value is -1.64. The Kier molecular flexibility index (Phi) is 2.90. The molecule has 1 atom stereocenters. The van der Waals surface area contributed by atoms with Gasteiger partial charge in [-0.1, -0.05) is 12.8 Å². The maximum Gasteiger partial charge on any atom is 0.143 e. The zero-order chi connectivity index (χ0) is 12.5. The molecule has 1 aliphatic rings. The van der Waals surface area contributed by atoms with Crippen LogP contribution in [-0.2, 0) is 4.79 Å². The number of rotatable bonds is 1. The number of hydrogen-bond donors (Lipinski definition) is 0. The van der Waals surface area contributed by atoms with E-state index in [1.165, 1.54) is 12.1 Å². The molecule has 2 nitrogen and oxygen atoms in total. The van der Waals surface area contributed by atoms with E-state index in [-0.39, 0.29) is 17.5 Å². The predicted octanol–water partition coefficient (Wildman–Crippen LogP) is 4.19. The first-order chi connectivity index (χ1) is 8.74. The van der Waals surface area contributed by atoms with Gasteiger partial charge in [-0.25, -0.2) is 4.39 Å². The first-order valence-corrected chi connectivity index (χ1v) is 6.46. The zero-order valence-electron chi connectivity index (χ0n) is 10.1. The first kappa shape index (κ1) is 11.5. The maximum atomic E-state index is 13.1. The van der Waals surface area contributed by atoms with Gasteiger partial charge in [-0.15, -0.1) is 0 Å². The van der Waals surface area contributed by atoms with Crippen molar-refractivity contribution in [2.75, 3.05) is 0 Å². The number of carbonyl (C=O) groups excluding carboxylic acids is 1. The lowest BCUT2D eigenvalue weighted by molar-refractivity contribution is -0.120. The van der Waals surface area contributed by atoms with Crippen LogP contribution >= 0.6 is 0 Å². The molecular formula is C15H15FO2. The number of ketones is 1. The topological polar surface area (TPSA) is 30.2 Å². The van der Waals surface area contributed by atoms with Gasteiger partial charge in [0.15, 0.2) is 0 Å². The summed E-state index contributed by atoms with van der Waals surface area (Å²) in [5.41, 5.74) is 0.656. The van der Waals surface area contributed by atoms with Crippen molar-refractivity contribution in [2.24, 2.45) is 0 Å². The lowest BCUT2D eigenvalue weighted by atomic mass is 9.96. The minimum absolute atomic E-state index is 0.136. The smallest absolute Gasteiger partial charge is 0.143 e. The van der Waals surface area contributed by atoms with Gasteiger partial charge in [0.1, 0.15) is 22.9 Å². The Morgan fingerprint density at radius 1 is 1.17 bits per heavy atom. The summed E-state index contributed by atoms with van der Waals surface area (Å²) in [7, 11) is 0. The quantitative estimate of drug-likeness (QED) is 0.706. The molecule has 0 amide bonds. The Morgan fingerprint density at radius 3 is 2.94 bits per heavy atom. The molecule has 0 spiro atoms. The van der Waals surface area contributed by atoms with E-state index in [1.807, 2.05) is 6.07 Å². The minimum atomic E-state index is -0.276. The van der Waals surface area contributed by atoms with Crippen LogP contribution in [0.15, 0.2) is 28.7 Å². The molecule has 0 N–H and O–H groups in total. The van der Waals surface area contributed by atoms with E-state index in [0.29, 0.717) is 17.8 Å². The summed E-state index contributed by atoms with van der Waals surface area (Å²) in [5, 5.41) is 0.738.